The highest BCUT2D eigenvalue weighted by Gasteiger charge is 2.24. The van der Waals surface area contributed by atoms with Crippen LogP contribution in [0.1, 0.15) is 50.9 Å². The van der Waals surface area contributed by atoms with Gasteiger partial charge in [0.15, 0.2) is 0 Å². The van der Waals surface area contributed by atoms with Gasteiger partial charge in [0.05, 0.1) is 15.6 Å². The van der Waals surface area contributed by atoms with Crippen LogP contribution in [-0.2, 0) is 10.0 Å². The Kier molecular flexibility index (Phi) is 7.32. The lowest BCUT2D eigenvalue weighted by Crippen LogP contribution is -2.33. The van der Waals surface area contributed by atoms with Crippen molar-refractivity contribution in [3.8, 4) is 0 Å². The zero-order valence-corrected chi connectivity index (χ0v) is 15.9. The largest absolute Gasteiger partial charge is 0.350 e. The third kappa shape index (κ3) is 5.64. The van der Waals surface area contributed by atoms with Gasteiger partial charge in [-0.2, -0.15) is 0 Å². The standard InChI is InChI=1S/C15H22Cl2N2O3S/c1-5-6-10(4)19-23(21,22)14-7-11(12(16)8-13(14)17)15(20)18-9(2)3/h7-10,19H,5-6H2,1-4H3,(H,18,20)/t10-/m0/s1. The Balaban J connectivity index is 3.24. The maximum absolute atomic E-state index is 12.5. The van der Waals surface area contributed by atoms with Gasteiger partial charge in [-0.3, -0.25) is 4.79 Å². The van der Waals surface area contributed by atoms with E-state index in [1.54, 1.807) is 20.8 Å². The van der Waals surface area contributed by atoms with E-state index in [0.29, 0.717) is 6.42 Å². The zero-order valence-electron chi connectivity index (χ0n) is 13.6. The number of carbonyl (C=O) groups is 1. The second-order valence-corrected chi connectivity index (χ2v) is 8.20. The van der Waals surface area contributed by atoms with Crippen LogP contribution in [0.2, 0.25) is 10.0 Å². The molecule has 0 fully saturated rings. The first-order valence-corrected chi connectivity index (χ1v) is 9.64. The molecule has 0 saturated heterocycles. The lowest BCUT2D eigenvalue weighted by Gasteiger charge is -2.16. The highest BCUT2D eigenvalue weighted by Crippen LogP contribution is 2.29. The topological polar surface area (TPSA) is 75.3 Å². The lowest BCUT2D eigenvalue weighted by molar-refractivity contribution is 0.0943. The van der Waals surface area contributed by atoms with Gasteiger partial charge in [-0.25, -0.2) is 13.1 Å². The minimum atomic E-state index is -3.83. The number of halogens is 2. The van der Waals surface area contributed by atoms with Crippen LogP contribution in [-0.4, -0.2) is 26.4 Å². The Bertz CT molecular complexity index is 676. The number of carbonyl (C=O) groups excluding carboxylic acids is 1. The summed E-state index contributed by atoms with van der Waals surface area (Å²) in [7, 11) is -3.83. The van der Waals surface area contributed by atoms with Crippen LogP contribution in [0, 0.1) is 0 Å². The molecule has 0 aliphatic heterocycles. The van der Waals surface area contributed by atoms with E-state index < -0.39 is 15.9 Å². The van der Waals surface area contributed by atoms with Crippen LogP contribution in [0.25, 0.3) is 0 Å². The molecule has 0 heterocycles. The van der Waals surface area contributed by atoms with Crippen molar-refractivity contribution in [2.45, 2.75) is 57.5 Å². The first kappa shape index (κ1) is 20.2. The zero-order chi connectivity index (χ0) is 17.8. The Labute approximate surface area is 147 Å². The molecular formula is C15H22Cl2N2O3S. The summed E-state index contributed by atoms with van der Waals surface area (Å²) in [6, 6.07) is 2.16. The van der Waals surface area contributed by atoms with Gasteiger partial charge in [0.25, 0.3) is 5.91 Å². The molecule has 0 aliphatic carbocycles. The third-order valence-corrected chi connectivity index (χ3v) is 5.42. The number of rotatable bonds is 7. The molecule has 0 aromatic heterocycles. The Morgan fingerprint density at radius 1 is 1.17 bits per heavy atom. The SMILES string of the molecule is CCC[C@H](C)NS(=O)(=O)c1cc(C(=O)NC(C)C)c(Cl)cc1Cl. The molecule has 0 aliphatic rings. The number of amides is 1. The number of hydrogen-bond donors (Lipinski definition) is 2. The molecule has 0 saturated carbocycles. The van der Waals surface area contributed by atoms with Gasteiger partial charge in [0.1, 0.15) is 4.90 Å². The summed E-state index contributed by atoms with van der Waals surface area (Å²) in [6.45, 7) is 7.34. The number of nitrogens with one attached hydrogen (secondary N) is 2. The van der Waals surface area contributed by atoms with Crippen molar-refractivity contribution in [3.63, 3.8) is 0 Å². The van der Waals surface area contributed by atoms with Crippen molar-refractivity contribution in [1.29, 1.82) is 0 Å². The van der Waals surface area contributed by atoms with Crippen molar-refractivity contribution < 1.29 is 13.2 Å². The predicted octanol–water partition coefficient (Wildman–Crippen LogP) is 3.60. The molecule has 1 rings (SSSR count). The van der Waals surface area contributed by atoms with E-state index in [1.807, 2.05) is 6.92 Å². The van der Waals surface area contributed by atoms with E-state index in [0.717, 1.165) is 6.42 Å². The number of sulfonamides is 1. The number of hydrogen-bond acceptors (Lipinski definition) is 3. The normalized spacial score (nSPS) is 13.2. The van der Waals surface area contributed by atoms with Gasteiger partial charge in [0, 0.05) is 12.1 Å². The van der Waals surface area contributed by atoms with Crippen molar-refractivity contribution >= 4 is 39.1 Å². The van der Waals surface area contributed by atoms with Gasteiger partial charge >= 0.3 is 0 Å². The molecule has 130 valence electrons. The molecule has 0 bridgehead atoms. The summed E-state index contributed by atoms with van der Waals surface area (Å²) < 4.78 is 27.5. The second-order valence-electron chi connectivity index (χ2n) is 5.70. The minimum absolute atomic E-state index is 0.0210. The van der Waals surface area contributed by atoms with Crippen LogP contribution >= 0.6 is 23.2 Å². The molecule has 8 heteroatoms. The van der Waals surface area contributed by atoms with Gasteiger partial charge in [-0.05, 0) is 39.3 Å². The summed E-state index contributed by atoms with van der Waals surface area (Å²) >= 11 is 12.0. The molecule has 5 nitrogen and oxygen atoms in total. The van der Waals surface area contributed by atoms with E-state index in [1.165, 1.54) is 12.1 Å². The third-order valence-electron chi connectivity index (χ3n) is 3.05. The molecule has 1 amide bonds. The average molecular weight is 381 g/mol. The minimum Gasteiger partial charge on any atom is -0.350 e. The van der Waals surface area contributed by atoms with Crippen LogP contribution in [0.5, 0.6) is 0 Å². The van der Waals surface area contributed by atoms with Gasteiger partial charge in [-0.1, -0.05) is 36.5 Å². The molecule has 1 aromatic rings. The van der Waals surface area contributed by atoms with Gasteiger partial charge < -0.3 is 5.32 Å². The molecule has 1 aromatic carbocycles. The van der Waals surface area contributed by atoms with E-state index >= 15 is 0 Å². The van der Waals surface area contributed by atoms with Crippen LogP contribution in [0.4, 0.5) is 0 Å². The molecular weight excluding hydrogens is 359 g/mol. The molecule has 0 radical (unpaired) electrons. The fourth-order valence-electron chi connectivity index (χ4n) is 2.07. The second kappa shape index (κ2) is 8.33. The van der Waals surface area contributed by atoms with E-state index in [9.17, 15) is 13.2 Å². The molecule has 2 N–H and O–H groups in total. The molecule has 23 heavy (non-hydrogen) atoms. The van der Waals surface area contributed by atoms with Crippen LogP contribution in [0.3, 0.4) is 0 Å². The van der Waals surface area contributed by atoms with Crippen molar-refractivity contribution in [2.75, 3.05) is 0 Å². The summed E-state index contributed by atoms with van der Waals surface area (Å²) in [5.41, 5.74) is 0.0771. The highest BCUT2D eigenvalue weighted by atomic mass is 35.5. The predicted molar refractivity (Wildman–Crippen MR) is 93.8 cm³/mol. The van der Waals surface area contributed by atoms with Crippen molar-refractivity contribution in [2.24, 2.45) is 0 Å². The highest BCUT2D eigenvalue weighted by molar-refractivity contribution is 7.89. The first-order valence-electron chi connectivity index (χ1n) is 7.40. The maximum atomic E-state index is 12.5. The van der Waals surface area contributed by atoms with E-state index in [-0.39, 0.29) is 32.6 Å². The Hall–Kier alpha value is -0.820. The van der Waals surface area contributed by atoms with Gasteiger partial charge in [-0.15, -0.1) is 0 Å². The van der Waals surface area contributed by atoms with E-state index in [2.05, 4.69) is 10.0 Å². The molecule has 0 spiro atoms. The maximum Gasteiger partial charge on any atom is 0.253 e. The molecule has 1 atom stereocenters. The van der Waals surface area contributed by atoms with E-state index in [4.69, 9.17) is 23.2 Å². The fourth-order valence-corrected chi connectivity index (χ4v) is 4.21. The summed E-state index contributed by atoms with van der Waals surface area (Å²) in [4.78, 5) is 12.0. The molecule has 0 unspecified atom stereocenters. The van der Waals surface area contributed by atoms with Crippen LogP contribution in [0.15, 0.2) is 17.0 Å². The Morgan fingerprint density at radius 2 is 1.78 bits per heavy atom. The lowest BCUT2D eigenvalue weighted by atomic mass is 10.2. The van der Waals surface area contributed by atoms with Gasteiger partial charge in [0.2, 0.25) is 10.0 Å². The summed E-state index contributed by atoms with van der Waals surface area (Å²) in [6.07, 6.45) is 1.55. The van der Waals surface area contributed by atoms with Crippen LogP contribution < -0.4 is 10.0 Å². The average Bonchev–Trinajstić information content (AvgIpc) is 2.36. The summed E-state index contributed by atoms with van der Waals surface area (Å²) in [5.74, 6) is -0.445. The monoisotopic (exact) mass is 380 g/mol. The first-order chi connectivity index (χ1) is 10.6. The quantitative estimate of drug-likeness (QED) is 0.758. The summed E-state index contributed by atoms with van der Waals surface area (Å²) in [5, 5.41) is 2.76. The number of benzene rings is 1. The smallest absolute Gasteiger partial charge is 0.253 e. The van der Waals surface area contributed by atoms with Crippen molar-refractivity contribution in [1.82, 2.24) is 10.0 Å². The Morgan fingerprint density at radius 3 is 2.30 bits per heavy atom. The fraction of sp³-hybridized carbons (Fsp3) is 0.533. The van der Waals surface area contributed by atoms with Crippen molar-refractivity contribution in [3.05, 3.63) is 27.7 Å².